The second-order valence-corrected chi connectivity index (χ2v) is 6.92. The van der Waals surface area contributed by atoms with Crippen molar-refractivity contribution >= 4 is 5.71 Å². The van der Waals surface area contributed by atoms with E-state index in [-0.39, 0.29) is 5.56 Å². The Labute approximate surface area is 175 Å². The Morgan fingerprint density at radius 2 is 1.57 bits per heavy atom. The number of benzene rings is 3. The van der Waals surface area contributed by atoms with Crippen LogP contribution in [0.1, 0.15) is 18.1 Å². The minimum absolute atomic E-state index is 0.124. The lowest BCUT2D eigenvalue weighted by atomic mass is 10.1. The fourth-order valence-corrected chi connectivity index (χ4v) is 3.46. The first kappa shape index (κ1) is 19.5. The van der Waals surface area contributed by atoms with Crippen LogP contribution < -0.4 is 10.3 Å². The van der Waals surface area contributed by atoms with Gasteiger partial charge in [-0.05, 0) is 25.1 Å². The molecular weight excluding hydrogens is 374 g/mol. The van der Waals surface area contributed by atoms with Crippen LogP contribution in [0, 0.1) is 0 Å². The summed E-state index contributed by atoms with van der Waals surface area (Å²) in [6.07, 6.45) is 0. The smallest absolute Gasteiger partial charge is 0.280 e. The Balaban J connectivity index is 1.81. The molecule has 4 rings (SSSR count). The molecule has 0 aliphatic carbocycles. The average Bonchev–Trinajstić information content (AvgIpc) is 3.16. The Kier molecular flexibility index (Phi) is 5.61. The molecule has 0 bridgehead atoms. The van der Waals surface area contributed by atoms with Crippen molar-refractivity contribution in [2.24, 2.45) is 4.99 Å². The molecule has 150 valence electrons. The van der Waals surface area contributed by atoms with Gasteiger partial charge in [-0.15, -0.1) is 0 Å². The molecule has 5 heteroatoms. The summed E-state index contributed by atoms with van der Waals surface area (Å²) in [5.41, 5.74) is 4.57. The molecule has 0 saturated heterocycles. The molecule has 5 nitrogen and oxygen atoms in total. The standard InChI is InChI=1S/C25H23N3O2/c1-18(26-17-20-13-9-10-16-22(20)30-2)23-24(19-11-5-3-6-12-19)27-28(25(23)29)21-14-7-4-8-15-21/h3-16,27H,17H2,1-2H3. The molecule has 0 unspecified atom stereocenters. The van der Waals surface area contributed by atoms with Gasteiger partial charge in [0, 0.05) is 16.8 Å². The maximum atomic E-state index is 13.4. The maximum absolute atomic E-state index is 13.4. The van der Waals surface area contributed by atoms with Crippen LogP contribution in [-0.2, 0) is 6.54 Å². The van der Waals surface area contributed by atoms with Crippen molar-refractivity contribution in [3.05, 3.63) is 106 Å². The summed E-state index contributed by atoms with van der Waals surface area (Å²) >= 11 is 0. The molecular formula is C25H23N3O2. The van der Waals surface area contributed by atoms with E-state index in [0.29, 0.717) is 17.8 Å². The van der Waals surface area contributed by atoms with E-state index in [1.165, 1.54) is 0 Å². The van der Waals surface area contributed by atoms with Gasteiger partial charge in [-0.25, -0.2) is 4.68 Å². The summed E-state index contributed by atoms with van der Waals surface area (Å²) in [5.74, 6) is 0.785. The summed E-state index contributed by atoms with van der Waals surface area (Å²) in [5, 5.41) is 3.28. The van der Waals surface area contributed by atoms with Crippen molar-refractivity contribution in [3.8, 4) is 22.7 Å². The van der Waals surface area contributed by atoms with E-state index in [1.807, 2.05) is 91.9 Å². The van der Waals surface area contributed by atoms with Crippen molar-refractivity contribution in [1.82, 2.24) is 9.78 Å². The van der Waals surface area contributed by atoms with Gasteiger partial charge >= 0.3 is 0 Å². The molecule has 0 atom stereocenters. The normalized spacial score (nSPS) is 11.5. The van der Waals surface area contributed by atoms with Crippen molar-refractivity contribution in [3.63, 3.8) is 0 Å². The minimum Gasteiger partial charge on any atom is -0.496 e. The Morgan fingerprint density at radius 1 is 0.933 bits per heavy atom. The first-order chi connectivity index (χ1) is 14.7. The van der Waals surface area contributed by atoms with Gasteiger partial charge in [-0.3, -0.25) is 14.9 Å². The zero-order chi connectivity index (χ0) is 20.9. The Bertz CT molecular complexity index is 1220. The number of aromatic nitrogens is 2. The molecule has 30 heavy (non-hydrogen) atoms. The summed E-state index contributed by atoms with van der Waals surface area (Å²) in [7, 11) is 1.65. The largest absolute Gasteiger partial charge is 0.496 e. The first-order valence-electron chi connectivity index (χ1n) is 9.78. The molecule has 0 spiro atoms. The number of hydrogen-bond donors (Lipinski definition) is 1. The molecule has 1 aromatic heterocycles. The van der Waals surface area contributed by atoms with Crippen LogP contribution in [-0.4, -0.2) is 22.6 Å². The monoisotopic (exact) mass is 397 g/mol. The van der Waals surface area contributed by atoms with E-state index in [4.69, 9.17) is 9.73 Å². The minimum atomic E-state index is -0.124. The van der Waals surface area contributed by atoms with Crippen molar-refractivity contribution < 1.29 is 4.74 Å². The SMILES string of the molecule is COc1ccccc1CN=C(C)c1c(-c2ccccc2)[nH]n(-c2ccccc2)c1=O. The van der Waals surface area contributed by atoms with Crippen molar-refractivity contribution in [2.45, 2.75) is 13.5 Å². The number of para-hydroxylation sites is 2. The molecule has 0 aliphatic heterocycles. The molecule has 0 fully saturated rings. The summed E-state index contributed by atoms with van der Waals surface area (Å²) in [6.45, 7) is 2.31. The number of nitrogens with zero attached hydrogens (tertiary/aromatic N) is 2. The van der Waals surface area contributed by atoms with Gasteiger partial charge in [-0.1, -0.05) is 66.7 Å². The number of aliphatic imine (C=N–C) groups is 1. The maximum Gasteiger partial charge on any atom is 0.280 e. The molecule has 0 radical (unpaired) electrons. The fourth-order valence-electron chi connectivity index (χ4n) is 3.46. The molecule has 0 amide bonds. The fraction of sp³-hybridized carbons (Fsp3) is 0.120. The molecule has 0 aliphatic rings. The molecule has 3 aromatic carbocycles. The van der Waals surface area contributed by atoms with E-state index in [9.17, 15) is 4.79 Å². The van der Waals surface area contributed by atoms with E-state index in [0.717, 1.165) is 28.3 Å². The number of rotatable bonds is 6. The lowest BCUT2D eigenvalue weighted by molar-refractivity contribution is 0.410. The molecule has 4 aromatic rings. The zero-order valence-corrected chi connectivity index (χ0v) is 17.0. The van der Waals surface area contributed by atoms with Crippen LogP contribution in [0.2, 0.25) is 0 Å². The second-order valence-electron chi connectivity index (χ2n) is 6.92. The third-order valence-corrected chi connectivity index (χ3v) is 5.01. The van der Waals surface area contributed by atoms with Crippen LogP contribution in [0.25, 0.3) is 16.9 Å². The van der Waals surface area contributed by atoms with Gasteiger partial charge < -0.3 is 4.74 Å². The van der Waals surface area contributed by atoms with Crippen LogP contribution in [0.3, 0.4) is 0 Å². The van der Waals surface area contributed by atoms with E-state index < -0.39 is 0 Å². The van der Waals surface area contributed by atoms with E-state index >= 15 is 0 Å². The Morgan fingerprint density at radius 3 is 2.27 bits per heavy atom. The van der Waals surface area contributed by atoms with Gasteiger partial charge in [0.15, 0.2) is 0 Å². The van der Waals surface area contributed by atoms with Gasteiger partial charge in [0.2, 0.25) is 0 Å². The van der Waals surface area contributed by atoms with Gasteiger partial charge in [-0.2, -0.15) is 0 Å². The molecule has 1 N–H and O–H groups in total. The van der Waals surface area contributed by atoms with Crippen molar-refractivity contribution in [2.75, 3.05) is 7.11 Å². The zero-order valence-electron chi connectivity index (χ0n) is 17.0. The topological polar surface area (TPSA) is 59.4 Å². The average molecular weight is 397 g/mol. The quantitative estimate of drug-likeness (QED) is 0.473. The predicted molar refractivity (Wildman–Crippen MR) is 121 cm³/mol. The van der Waals surface area contributed by atoms with Crippen molar-refractivity contribution in [1.29, 1.82) is 0 Å². The Hall–Kier alpha value is -3.86. The highest BCUT2D eigenvalue weighted by Crippen LogP contribution is 2.23. The van der Waals surface area contributed by atoms with Gasteiger partial charge in [0.1, 0.15) is 5.75 Å². The third-order valence-electron chi connectivity index (χ3n) is 5.01. The van der Waals surface area contributed by atoms with Gasteiger partial charge in [0.25, 0.3) is 5.56 Å². The van der Waals surface area contributed by atoms with Crippen LogP contribution >= 0.6 is 0 Å². The molecule has 1 heterocycles. The predicted octanol–water partition coefficient (Wildman–Crippen LogP) is 4.85. The van der Waals surface area contributed by atoms with Crippen LogP contribution in [0.15, 0.2) is 94.7 Å². The summed E-state index contributed by atoms with van der Waals surface area (Å²) in [4.78, 5) is 18.1. The number of H-pyrrole nitrogens is 1. The highest BCUT2D eigenvalue weighted by Gasteiger charge is 2.19. The van der Waals surface area contributed by atoms with E-state index in [1.54, 1.807) is 11.8 Å². The number of nitrogens with one attached hydrogen (secondary N) is 1. The highest BCUT2D eigenvalue weighted by atomic mass is 16.5. The number of aromatic amines is 1. The molecule has 0 saturated carbocycles. The lowest BCUT2D eigenvalue weighted by Gasteiger charge is -2.06. The number of ether oxygens (including phenoxy) is 1. The van der Waals surface area contributed by atoms with Gasteiger partial charge in [0.05, 0.1) is 30.6 Å². The number of methoxy groups -OCH3 is 1. The van der Waals surface area contributed by atoms with Crippen LogP contribution in [0.4, 0.5) is 0 Å². The lowest BCUT2D eigenvalue weighted by Crippen LogP contribution is -2.19. The third kappa shape index (κ3) is 3.82. The van der Waals surface area contributed by atoms with Crippen LogP contribution in [0.5, 0.6) is 5.75 Å². The number of hydrogen-bond acceptors (Lipinski definition) is 3. The van der Waals surface area contributed by atoms with E-state index in [2.05, 4.69) is 5.10 Å². The highest BCUT2D eigenvalue weighted by molar-refractivity contribution is 6.03. The summed E-state index contributed by atoms with van der Waals surface area (Å²) < 4.78 is 6.99. The second kappa shape index (κ2) is 8.66. The first-order valence-corrected chi connectivity index (χ1v) is 9.78. The summed E-state index contributed by atoms with van der Waals surface area (Å²) in [6, 6.07) is 27.2.